The summed E-state index contributed by atoms with van der Waals surface area (Å²) in [5.41, 5.74) is 0. The van der Waals surface area contributed by atoms with Gasteiger partial charge < -0.3 is 13.6 Å². The molecule has 6 heteroatoms. The van der Waals surface area contributed by atoms with E-state index in [4.69, 9.17) is 25.2 Å². The fraction of sp³-hybridized carbons (Fsp3) is 0.833. The molecule has 0 saturated carbocycles. The van der Waals surface area contributed by atoms with Gasteiger partial charge in [-0.3, -0.25) is 4.79 Å². The second kappa shape index (κ2) is 7.54. The van der Waals surface area contributed by atoms with Gasteiger partial charge >= 0.3 is 15.3 Å². The maximum Gasteiger partial charge on any atom is 0.332 e. The van der Waals surface area contributed by atoms with Crippen LogP contribution in [0.1, 0.15) is 0 Å². The van der Waals surface area contributed by atoms with Gasteiger partial charge in [0.15, 0.2) is 0 Å². The smallest absolute Gasteiger partial charge is 0.332 e. The monoisotopic (exact) mass is 212 g/mol. The fourth-order valence-corrected chi connectivity index (χ4v) is 1.60. The zero-order valence-electron chi connectivity index (χ0n) is 7.21. The minimum absolute atomic E-state index is 0.226. The highest BCUT2D eigenvalue weighted by atomic mass is 35.5. The first kappa shape index (κ1) is 11.9. The highest BCUT2D eigenvalue weighted by Crippen LogP contribution is 1.97. The first-order valence-corrected chi connectivity index (χ1v) is 5.81. The number of alkyl halides is 1. The third-order valence-electron chi connectivity index (χ3n) is 1.20. The topological polar surface area (TPSA) is 44.8 Å². The Kier molecular flexibility index (Phi) is 7.48. The molecule has 0 heterocycles. The van der Waals surface area contributed by atoms with Crippen LogP contribution < -0.4 is 0 Å². The molecular formula is C6H13ClO4Si. The molecule has 0 fully saturated rings. The van der Waals surface area contributed by atoms with Crippen molar-refractivity contribution in [2.45, 2.75) is 6.04 Å². The Morgan fingerprint density at radius 3 is 2.42 bits per heavy atom. The standard InChI is InChI=1S/C6H13ClO4Si/c1-9-12(10-2)5-6(8)11-4-3-7/h12H,3-5H2,1-2H3. The van der Waals surface area contributed by atoms with Crippen molar-refractivity contribution in [3.63, 3.8) is 0 Å². The largest absolute Gasteiger partial charge is 0.464 e. The molecule has 0 bridgehead atoms. The second-order valence-corrected chi connectivity index (χ2v) is 4.60. The van der Waals surface area contributed by atoms with Gasteiger partial charge in [-0.05, 0) is 0 Å². The summed E-state index contributed by atoms with van der Waals surface area (Å²) in [7, 11) is 1.24. The van der Waals surface area contributed by atoms with Gasteiger partial charge in [0.1, 0.15) is 6.61 Å². The quantitative estimate of drug-likeness (QED) is 0.361. The van der Waals surface area contributed by atoms with E-state index >= 15 is 0 Å². The van der Waals surface area contributed by atoms with Gasteiger partial charge in [-0.25, -0.2) is 0 Å². The molecule has 0 spiro atoms. The molecule has 0 saturated heterocycles. The molecule has 0 atom stereocenters. The molecule has 0 radical (unpaired) electrons. The molecular weight excluding hydrogens is 200 g/mol. The van der Waals surface area contributed by atoms with Gasteiger partial charge in [-0.2, -0.15) is 0 Å². The van der Waals surface area contributed by atoms with Crippen LogP contribution >= 0.6 is 11.6 Å². The Bertz CT molecular complexity index is 129. The molecule has 0 aromatic carbocycles. The summed E-state index contributed by atoms with van der Waals surface area (Å²) in [5.74, 6) is 0.00814. The summed E-state index contributed by atoms with van der Waals surface area (Å²) in [4.78, 5) is 10.9. The van der Waals surface area contributed by atoms with E-state index in [1.807, 2.05) is 0 Å². The molecule has 0 aromatic rings. The SMILES string of the molecule is CO[SiH](CC(=O)OCCCl)OC. The van der Waals surface area contributed by atoms with E-state index < -0.39 is 9.28 Å². The lowest BCUT2D eigenvalue weighted by atomic mass is 10.8. The lowest BCUT2D eigenvalue weighted by molar-refractivity contribution is -0.140. The number of hydrogen-bond donors (Lipinski definition) is 0. The molecule has 12 heavy (non-hydrogen) atoms. The van der Waals surface area contributed by atoms with Crippen molar-refractivity contribution in [2.75, 3.05) is 26.7 Å². The van der Waals surface area contributed by atoms with Crippen LogP contribution in [-0.4, -0.2) is 42.0 Å². The van der Waals surface area contributed by atoms with E-state index in [-0.39, 0.29) is 18.6 Å². The number of carbonyl (C=O) groups excluding carboxylic acids is 1. The fourth-order valence-electron chi connectivity index (χ4n) is 0.610. The number of hydrogen-bond acceptors (Lipinski definition) is 4. The van der Waals surface area contributed by atoms with Crippen molar-refractivity contribution in [1.82, 2.24) is 0 Å². The van der Waals surface area contributed by atoms with Crippen LogP contribution in [0, 0.1) is 0 Å². The van der Waals surface area contributed by atoms with Gasteiger partial charge in [0.25, 0.3) is 0 Å². The molecule has 0 aliphatic carbocycles. The summed E-state index contributed by atoms with van der Waals surface area (Å²) in [5, 5.41) is 0. The summed E-state index contributed by atoms with van der Waals surface area (Å²) < 4.78 is 14.6. The lowest BCUT2D eigenvalue weighted by Gasteiger charge is -2.09. The molecule has 0 rings (SSSR count). The van der Waals surface area contributed by atoms with Crippen molar-refractivity contribution in [3.05, 3.63) is 0 Å². The molecule has 0 aromatic heterocycles. The number of rotatable bonds is 6. The van der Waals surface area contributed by atoms with Gasteiger partial charge in [-0.1, -0.05) is 0 Å². The molecule has 0 aliphatic rings. The summed E-state index contributed by atoms with van der Waals surface area (Å²) in [6.07, 6.45) is 0. The van der Waals surface area contributed by atoms with Crippen molar-refractivity contribution in [2.24, 2.45) is 0 Å². The van der Waals surface area contributed by atoms with E-state index in [0.717, 1.165) is 0 Å². The van der Waals surface area contributed by atoms with Gasteiger partial charge in [0.05, 0.1) is 11.9 Å². The first-order chi connectivity index (χ1) is 5.74. The Labute approximate surface area is 78.6 Å². The van der Waals surface area contributed by atoms with Crippen LogP contribution in [0.4, 0.5) is 0 Å². The lowest BCUT2D eigenvalue weighted by Crippen LogP contribution is -2.24. The van der Waals surface area contributed by atoms with Gasteiger partial charge in [0, 0.05) is 14.2 Å². The maximum absolute atomic E-state index is 10.9. The van der Waals surface area contributed by atoms with Crippen LogP contribution in [-0.2, 0) is 18.4 Å². The zero-order valence-corrected chi connectivity index (χ0v) is 9.12. The van der Waals surface area contributed by atoms with Gasteiger partial charge in [-0.15, -0.1) is 11.6 Å². The van der Waals surface area contributed by atoms with E-state index in [2.05, 4.69) is 0 Å². The Morgan fingerprint density at radius 1 is 1.42 bits per heavy atom. The van der Waals surface area contributed by atoms with Crippen LogP contribution in [0.25, 0.3) is 0 Å². The molecule has 0 amide bonds. The van der Waals surface area contributed by atoms with E-state index in [0.29, 0.717) is 5.88 Å². The van der Waals surface area contributed by atoms with Crippen molar-refractivity contribution in [3.8, 4) is 0 Å². The predicted molar refractivity (Wildman–Crippen MR) is 47.7 cm³/mol. The van der Waals surface area contributed by atoms with E-state index in [1.54, 1.807) is 0 Å². The predicted octanol–water partition coefficient (Wildman–Crippen LogP) is 0.282. The van der Waals surface area contributed by atoms with E-state index in [9.17, 15) is 4.79 Å². The molecule has 0 N–H and O–H groups in total. The molecule has 72 valence electrons. The summed E-state index contributed by atoms with van der Waals surface area (Å²) >= 11 is 5.32. The zero-order chi connectivity index (χ0) is 9.40. The normalized spacial score (nSPS) is 10.3. The Balaban J connectivity index is 3.52. The number of esters is 1. The third kappa shape index (κ3) is 5.53. The van der Waals surface area contributed by atoms with Crippen LogP contribution in [0.5, 0.6) is 0 Å². The highest BCUT2D eigenvalue weighted by Gasteiger charge is 2.16. The molecule has 0 unspecified atom stereocenters. The molecule has 0 aliphatic heterocycles. The van der Waals surface area contributed by atoms with Crippen LogP contribution in [0.3, 0.4) is 0 Å². The maximum atomic E-state index is 10.9. The number of ether oxygens (including phenoxy) is 1. The number of carbonyl (C=O) groups is 1. The number of halogens is 1. The third-order valence-corrected chi connectivity index (χ3v) is 3.07. The van der Waals surface area contributed by atoms with E-state index in [1.165, 1.54) is 14.2 Å². The van der Waals surface area contributed by atoms with Crippen LogP contribution in [0.2, 0.25) is 6.04 Å². The highest BCUT2D eigenvalue weighted by molar-refractivity contribution is 6.48. The van der Waals surface area contributed by atoms with Crippen molar-refractivity contribution >= 4 is 26.9 Å². The summed E-state index contributed by atoms with van der Waals surface area (Å²) in [6, 6.07) is 0.226. The minimum Gasteiger partial charge on any atom is -0.464 e. The Morgan fingerprint density at radius 2 is 2.00 bits per heavy atom. The summed E-state index contributed by atoms with van der Waals surface area (Å²) in [6.45, 7) is 0.245. The van der Waals surface area contributed by atoms with Gasteiger partial charge in [0.2, 0.25) is 0 Å². The first-order valence-electron chi connectivity index (χ1n) is 3.51. The van der Waals surface area contributed by atoms with Crippen LogP contribution in [0.15, 0.2) is 0 Å². The Hall–Kier alpha value is -0.103. The minimum atomic E-state index is -1.81. The van der Waals surface area contributed by atoms with Crippen molar-refractivity contribution < 1.29 is 18.4 Å². The second-order valence-electron chi connectivity index (χ2n) is 2.01. The average Bonchev–Trinajstić information content (AvgIpc) is 2.10. The van der Waals surface area contributed by atoms with Crippen molar-refractivity contribution in [1.29, 1.82) is 0 Å². The average molecular weight is 213 g/mol. The molecule has 4 nitrogen and oxygen atoms in total.